The molecule has 3 aromatic rings. The van der Waals surface area contributed by atoms with Crippen LogP contribution < -0.4 is 10.9 Å². The lowest BCUT2D eigenvalue weighted by molar-refractivity contribution is -0.0861. The summed E-state index contributed by atoms with van der Waals surface area (Å²) in [5.41, 5.74) is 8.31. The Morgan fingerprint density at radius 3 is 2.56 bits per heavy atom. The monoisotopic (exact) mass is 692 g/mol. The highest BCUT2D eigenvalue weighted by molar-refractivity contribution is 8.24. The van der Waals surface area contributed by atoms with Gasteiger partial charge in [-0.25, -0.2) is 27.9 Å². The number of likely N-dealkylation sites (tertiary alicyclic amines) is 1. The number of nitrogens with one attached hydrogen (secondary N) is 1. The molecule has 5 rings (SSSR count). The number of halogens is 3. The zero-order chi connectivity index (χ0) is 34.6. The van der Waals surface area contributed by atoms with Crippen LogP contribution in [0.1, 0.15) is 74.1 Å². The Morgan fingerprint density at radius 2 is 1.90 bits per heavy atom. The van der Waals surface area contributed by atoms with E-state index in [-0.39, 0.29) is 73.4 Å². The molecule has 0 aliphatic carbocycles. The molecule has 2 fully saturated rings. The minimum absolute atomic E-state index is 0.0222. The van der Waals surface area contributed by atoms with Crippen LogP contribution in [0, 0.1) is 11.7 Å². The zero-order valence-corrected chi connectivity index (χ0v) is 27.3. The predicted octanol–water partition coefficient (Wildman–Crippen LogP) is 7.30. The van der Waals surface area contributed by atoms with Crippen LogP contribution in [0.2, 0.25) is 0 Å². The molecule has 2 saturated heterocycles. The zero-order valence-electron chi connectivity index (χ0n) is 26.4. The summed E-state index contributed by atoms with van der Waals surface area (Å²) in [6.07, 6.45) is 1.72. The number of aromatic nitrogens is 3. The van der Waals surface area contributed by atoms with E-state index in [4.69, 9.17) is 5.53 Å². The molecule has 2 aromatic heterocycles. The van der Waals surface area contributed by atoms with Crippen molar-refractivity contribution in [2.45, 2.75) is 69.9 Å². The summed E-state index contributed by atoms with van der Waals surface area (Å²) in [4.78, 5) is 37.6. The van der Waals surface area contributed by atoms with E-state index in [2.05, 4.69) is 25.3 Å². The van der Waals surface area contributed by atoms with Crippen LogP contribution in [0.4, 0.5) is 23.8 Å². The fraction of sp³-hybridized carbons (Fsp3) is 0.548. The van der Waals surface area contributed by atoms with E-state index >= 15 is 13.2 Å². The highest BCUT2D eigenvalue weighted by atomic mass is 32.3. The number of alkyl halides is 2. The smallest absolute Gasteiger partial charge is 0.407 e. The first-order valence-corrected chi connectivity index (χ1v) is 17.8. The van der Waals surface area contributed by atoms with Crippen molar-refractivity contribution < 1.29 is 32.2 Å². The summed E-state index contributed by atoms with van der Waals surface area (Å²) in [6.45, 7) is 2.01. The van der Waals surface area contributed by atoms with Crippen LogP contribution in [-0.2, 0) is 12.5 Å². The lowest BCUT2D eigenvalue weighted by atomic mass is 9.85. The number of fused-ring (bicyclic) bond motifs is 1. The van der Waals surface area contributed by atoms with Crippen LogP contribution >= 0.6 is 10.6 Å². The van der Waals surface area contributed by atoms with Crippen molar-refractivity contribution in [2.75, 3.05) is 36.5 Å². The molecule has 260 valence electrons. The van der Waals surface area contributed by atoms with Crippen LogP contribution in [0.5, 0.6) is 0 Å². The molecule has 1 atom stereocenters. The molecular formula is C31H39F3N8O5S. The van der Waals surface area contributed by atoms with Crippen molar-refractivity contribution in [1.29, 1.82) is 0 Å². The van der Waals surface area contributed by atoms with Crippen molar-refractivity contribution in [2.24, 2.45) is 11.0 Å². The van der Waals surface area contributed by atoms with E-state index in [1.807, 2.05) is 0 Å². The summed E-state index contributed by atoms with van der Waals surface area (Å²) in [5.74, 6) is -5.47. The molecule has 1 unspecified atom stereocenters. The number of azide groups is 1. The first-order valence-electron chi connectivity index (χ1n) is 15.9. The van der Waals surface area contributed by atoms with E-state index < -0.39 is 45.9 Å². The summed E-state index contributed by atoms with van der Waals surface area (Å²) in [5, 5.41) is 16.3. The second-order valence-electron chi connectivity index (χ2n) is 12.4. The lowest BCUT2D eigenvalue weighted by Crippen LogP contribution is -2.42. The third-order valence-electron chi connectivity index (χ3n) is 9.38. The number of hydrogen-bond acceptors (Lipinski definition) is 8. The maximum Gasteiger partial charge on any atom is 0.407 e. The fourth-order valence-electron chi connectivity index (χ4n) is 6.61. The molecule has 17 heteroatoms. The van der Waals surface area contributed by atoms with Gasteiger partial charge in [0.1, 0.15) is 23.6 Å². The maximum absolute atomic E-state index is 15.9. The fourth-order valence-corrected chi connectivity index (χ4v) is 8.14. The van der Waals surface area contributed by atoms with Gasteiger partial charge in [-0.2, -0.15) is 10.6 Å². The number of anilines is 1. The Bertz CT molecular complexity index is 1750. The molecule has 4 N–H and O–H groups in total. The quantitative estimate of drug-likeness (QED) is 0.0696. The number of piperidine rings is 1. The minimum Gasteiger partial charge on any atom is -0.465 e. The Hall–Kier alpha value is -4.05. The van der Waals surface area contributed by atoms with Gasteiger partial charge in [0, 0.05) is 59.6 Å². The van der Waals surface area contributed by atoms with Crippen molar-refractivity contribution in [1.82, 2.24) is 19.4 Å². The largest absolute Gasteiger partial charge is 0.465 e. The predicted molar refractivity (Wildman–Crippen MR) is 176 cm³/mol. The molecule has 2 aliphatic rings. The molecule has 13 nitrogen and oxygen atoms in total. The van der Waals surface area contributed by atoms with Gasteiger partial charge in [-0.05, 0) is 63.0 Å². The minimum atomic E-state index is -3.53. The van der Waals surface area contributed by atoms with E-state index in [0.717, 1.165) is 11.0 Å². The van der Waals surface area contributed by atoms with Crippen molar-refractivity contribution in [3.63, 3.8) is 0 Å². The molecule has 1 aromatic carbocycles. The number of amides is 1. The van der Waals surface area contributed by atoms with E-state index in [9.17, 15) is 23.8 Å². The number of unbranched alkanes of at least 4 members (excludes halogenated alkanes) is 1. The average molecular weight is 693 g/mol. The van der Waals surface area contributed by atoms with Crippen LogP contribution in [0.15, 0.2) is 40.5 Å². The second-order valence-corrected chi connectivity index (χ2v) is 14.8. The molecule has 0 spiro atoms. The number of carboxylic acid groups (broad SMARTS) is 1. The molecule has 0 bridgehead atoms. The number of aryl methyl sites for hydroxylation is 1. The average Bonchev–Trinajstić information content (AvgIpc) is 3.05. The van der Waals surface area contributed by atoms with Crippen LogP contribution in [0.3, 0.4) is 0 Å². The SMILES string of the molecule is CC(Nc1ncnc2c1cc(C1CCS(O)(O)CC1)c(=O)n2CCCCN=[N+]=[N-])c1cccc(C(F)(F)C2CCN(C(=O)O)CC2)c1F. The highest BCUT2D eigenvalue weighted by Gasteiger charge is 2.45. The van der Waals surface area contributed by atoms with Gasteiger partial charge in [0.05, 0.1) is 17.0 Å². The number of nitrogens with zero attached hydrogens (tertiary/aromatic N) is 7. The number of hydrogen-bond donors (Lipinski definition) is 4. The summed E-state index contributed by atoms with van der Waals surface area (Å²) in [7, 11) is -2.70. The van der Waals surface area contributed by atoms with Crippen LogP contribution in [-0.4, -0.2) is 70.9 Å². The van der Waals surface area contributed by atoms with Gasteiger partial charge in [-0.3, -0.25) is 18.5 Å². The normalized spacial score (nSPS) is 18.7. The van der Waals surface area contributed by atoms with Gasteiger partial charge in [0.2, 0.25) is 0 Å². The van der Waals surface area contributed by atoms with Gasteiger partial charge in [0.15, 0.2) is 0 Å². The Kier molecular flexibility index (Phi) is 10.7. The van der Waals surface area contributed by atoms with Crippen molar-refractivity contribution in [3.8, 4) is 0 Å². The number of carbonyl (C=O) groups is 1. The molecule has 4 heterocycles. The van der Waals surface area contributed by atoms with E-state index in [0.29, 0.717) is 42.3 Å². The van der Waals surface area contributed by atoms with Gasteiger partial charge in [-0.1, -0.05) is 23.3 Å². The molecule has 1 amide bonds. The third-order valence-corrected chi connectivity index (χ3v) is 11.2. The Labute approximate surface area is 276 Å². The standard InChI is InChI=1S/C31H39F3N8O5S/c1-19(22-5-4-6-25(26(22)32)31(33,34)21-7-13-41(14-8-21)30(44)45)39-27-24-17-23(20-9-15-48(46,47)16-10-20)29(43)42(28(24)37-18-36-27)12-3-2-11-38-40-35/h4-6,17-21,46-47H,2-3,7-16H2,1H3,(H,44,45)(H,36,37,39). The van der Waals surface area contributed by atoms with E-state index in [1.54, 1.807) is 13.0 Å². The number of benzene rings is 1. The molecule has 0 radical (unpaired) electrons. The van der Waals surface area contributed by atoms with Crippen molar-refractivity contribution >= 4 is 33.5 Å². The first-order chi connectivity index (χ1) is 22.8. The maximum atomic E-state index is 15.9. The molecular weight excluding hydrogens is 653 g/mol. The van der Waals surface area contributed by atoms with Gasteiger partial charge < -0.3 is 15.3 Å². The van der Waals surface area contributed by atoms with Gasteiger partial charge in [-0.15, -0.1) is 0 Å². The number of rotatable bonds is 11. The van der Waals surface area contributed by atoms with Gasteiger partial charge in [0.25, 0.3) is 11.5 Å². The first kappa shape index (κ1) is 35.3. The molecule has 2 aliphatic heterocycles. The summed E-state index contributed by atoms with van der Waals surface area (Å²) < 4.78 is 69.2. The highest BCUT2D eigenvalue weighted by Crippen LogP contribution is 2.48. The van der Waals surface area contributed by atoms with Crippen LogP contribution in [0.25, 0.3) is 21.5 Å². The summed E-state index contributed by atoms with van der Waals surface area (Å²) in [6, 6.07) is 4.66. The second kappa shape index (κ2) is 14.6. The Morgan fingerprint density at radius 1 is 1.19 bits per heavy atom. The third kappa shape index (κ3) is 7.48. The summed E-state index contributed by atoms with van der Waals surface area (Å²) >= 11 is 0. The van der Waals surface area contributed by atoms with E-state index in [1.165, 1.54) is 23.0 Å². The molecule has 48 heavy (non-hydrogen) atoms. The lowest BCUT2D eigenvalue weighted by Gasteiger charge is -2.39. The topological polar surface area (TPSA) is 190 Å². The number of pyridine rings is 1. The Balaban J connectivity index is 1.47. The molecule has 0 saturated carbocycles. The van der Waals surface area contributed by atoms with Crippen molar-refractivity contribution in [3.05, 3.63) is 73.9 Å². The van der Waals surface area contributed by atoms with Gasteiger partial charge >= 0.3 is 6.09 Å².